The standard InChI is InChI=1S/C16H15N5O5S/c22-16-14-7-18-20(13-4-5-27(25,26)9-13)15(14)17-10-19(16)8-11-2-1-3-12(6-11)21(23)24/h1-3,6-7,10,13H,4-5,8-9H2. The third-order valence-corrected chi connectivity index (χ3v) is 6.36. The number of hydrogen-bond acceptors (Lipinski definition) is 7. The molecule has 2 aromatic heterocycles. The van der Waals surface area contributed by atoms with Gasteiger partial charge >= 0.3 is 0 Å². The minimum absolute atomic E-state index is 0.0117. The second-order valence-electron chi connectivity index (χ2n) is 6.49. The fraction of sp³-hybridized carbons (Fsp3) is 0.312. The first-order valence-corrected chi connectivity index (χ1v) is 10.0. The third kappa shape index (κ3) is 3.21. The van der Waals surface area contributed by atoms with Crippen molar-refractivity contribution in [1.29, 1.82) is 0 Å². The summed E-state index contributed by atoms with van der Waals surface area (Å²) in [5.41, 5.74) is 0.558. The summed E-state index contributed by atoms with van der Waals surface area (Å²) in [6.45, 7) is 0.131. The molecule has 1 aromatic carbocycles. The molecule has 1 atom stereocenters. The topological polar surface area (TPSA) is 130 Å². The van der Waals surface area contributed by atoms with E-state index in [-0.39, 0.29) is 40.7 Å². The molecular formula is C16H15N5O5S. The maximum Gasteiger partial charge on any atom is 0.269 e. The molecule has 1 fully saturated rings. The van der Waals surface area contributed by atoms with Gasteiger partial charge in [0.25, 0.3) is 11.2 Å². The first-order valence-electron chi connectivity index (χ1n) is 8.20. The summed E-state index contributed by atoms with van der Waals surface area (Å²) in [6.07, 6.45) is 3.18. The monoisotopic (exact) mass is 389 g/mol. The van der Waals surface area contributed by atoms with Gasteiger partial charge in [0.15, 0.2) is 15.5 Å². The maximum absolute atomic E-state index is 12.7. The van der Waals surface area contributed by atoms with Crippen molar-refractivity contribution in [2.45, 2.75) is 19.0 Å². The minimum atomic E-state index is -3.09. The number of nitro groups is 1. The molecule has 27 heavy (non-hydrogen) atoms. The Kier molecular flexibility index (Phi) is 4.02. The summed E-state index contributed by atoms with van der Waals surface area (Å²) < 4.78 is 26.2. The Balaban J connectivity index is 1.69. The molecule has 0 bridgehead atoms. The average Bonchev–Trinajstić information content (AvgIpc) is 3.21. The lowest BCUT2D eigenvalue weighted by molar-refractivity contribution is -0.384. The molecule has 0 spiro atoms. The quantitative estimate of drug-likeness (QED) is 0.479. The Hall–Kier alpha value is -3.08. The van der Waals surface area contributed by atoms with Crippen molar-refractivity contribution < 1.29 is 13.3 Å². The van der Waals surface area contributed by atoms with Crippen LogP contribution < -0.4 is 5.56 Å². The van der Waals surface area contributed by atoms with Gasteiger partial charge in [-0.2, -0.15) is 5.10 Å². The van der Waals surface area contributed by atoms with Crippen LogP contribution in [-0.4, -0.2) is 44.2 Å². The van der Waals surface area contributed by atoms with Crippen LogP contribution in [0.3, 0.4) is 0 Å². The van der Waals surface area contributed by atoms with Gasteiger partial charge in [0.2, 0.25) is 0 Å². The molecule has 0 N–H and O–H groups in total. The van der Waals surface area contributed by atoms with Crippen molar-refractivity contribution in [2.24, 2.45) is 0 Å². The largest absolute Gasteiger partial charge is 0.294 e. The van der Waals surface area contributed by atoms with Crippen molar-refractivity contribution in [2.75, 3.05) is 11.5 Å². The minimum Gasteiger partial charge on any atom is -0.294 e. The summed E-state index contributed by atoms with van der Waals surface area (Å²) in [7, 11) is -3.09. The molecule has 1 aliphatic heterocycles. The van der Waals surface area contributed by atoms with Gasteiger partial charge in [-0.05, 0) is 12.0 Å². The van der Waals surface area contributed by atoms with Gasteiger partial charge in [0.1, 0.15) is 11.7 Å². The fourth-order valence-corrected chi connectivity index (χ4v) is 4.97. The molecule has 0 saturated carbocycles. The summed E-state index contributed by atoms with van der Waals surface area (Å²) in [4.78, 5) is 27.4. The predicted octanol–water partition coefficient (Wildman–Crippen LogP) is 0.909. The van der Waals surface area contributed by atoms with E-state index in [2.05, 4.69) is 10.1 Å². The highest BCUT2D eigenvalue weighted by Crippen LogP contribution is 2.25. The predicted molar refractivity (Wildman–Crippen MR) is 96.3 cm³/mol. The van der Waals surface area contributed by atoms with Crippen molar-refractivity contribution >= 4 is 26.6 Å². The van der Waals surface area contributed by atoms with Crippen LogP contribution >= 0.6 is 0 Å². The van der Waals surface area contributed by atoms with Crippen LogP contribution in [-0.2, 0) is 16.4 Å². The molecule has 0 amide bonds. The Morgan fingerprint density at radius 3 is 2.85 bits per heavy atom. The number of nitro benzene ring substituents is 1. The van der Waals surface area contributed by atoms with Gasteiger partial charge in [-0.3, -0.25) is 19.5 Å². The van der Waals surface area contributed by atoms with Crippen LogP contribution in [0.2, 0.25) is 0 Å². The highest BCUT2D eigenvalue weighted by Gasteiger charge is 2.31. The summed E-state index contributed by atoms with van der Waals surface area (Å²) in [5.74, 6) is 0.0884. The molecule has 3 heterocycles. The normalized spacial score (nSPS) is 18.7. The lowest BCUT2D eigenvalue weighted by Gasteiger charge is -2.10. The molecule has 10 nitrogen and oxygen atoms in total. The molecule has 0 radical (unpaired) electrons. The molecule has 3 aromatic rings. The Bertz CT molecular complexity index is 1210. The highest BCUT2D eigenvalue weighted by atomic mass is 32.2. The second-order valence-corrected chi connectivity index (χ2v) is 8.72. The Labute approximate surface area is 153 Å². The van der Waals surface area contributed by atoms with Crippen LogP contribution in [0.5, 0.6) is 0 Å². The van der Waals surface area contributed by atoms with Gasteiger partial charge in [-0.15, -0.1) is 0 Å². The number of aromatic nitrogens is 4. The number of benzene rings is 1. The first-order chi connectivity index (χ1) is 12.8. The van der Waals surface area contributed by atoms with E-state index >= 15 is 0 Å². The van der Waals surface area contributed by atoms with Gasteiger partial charge in [-0.25, -0.2) is 18.1 Å². The summed E-state index contributed by atoms with van der Waals surface area (Å²) >= 11 is 0. The maximum atomic E-state index is 12.7. The first kappa shape index (κ1) is 17.3. The summed E-state index contributed by atoms with van der Waals surface area (Å²) in [6, 6.07) is 5.71. The average molecular weight is 389 g/mol. The number of non-ortho nitro benzene ring substituents is 1. The lowest BCUT2D eigenvalue weighted by atomic mass is 10.2. The summed E-state index contributed by atoms with van der Waals surface area (Å²) in [5, 5.41) is 15.4. The molecule has 1 unspecified atom stereocenters. The van der Waals surface area contributed by atoms with Crippen molar-refractivity contribution in [3.63, 3.8) is 0 Å². The fourth-order valence-electron chi connectivity index (χ4n) is 3.28. The van der Waals surface area contributed by atoms with Crippen LogP contribution in [0, 0.1) is 10.1 Å². The van der Waals surface area contributed by atoms with Crippen LogP contribution in [0.4, 0.5) is 5.69 Å². The number of hydrogen-bond donors (Lipinski definition) is 0. The molecule has 11 heteroatoms. The molecule has 0 aliphatic carbocycles. The van der Waals surface area contributed by atoms with Gasteiger partial charge < -0.3 is 0 Å². The molecule has 4 rings (SSSR count). The van der Waals surface area contributed by atoms with Gasteiger partial charge in [0, 0.05) is 12.1 Å². The van der Waals surface area contributed by atoms with E-state index < -0.39 is 14.8 Å². The third-order valence-electron chi connectivity index (χ3n) is 4.61. The highest BCUT2D eigenvalue weighted by molar-refractivity contribution is 7.91. The van der Waals surface area contributed by atoms with E-state index in [1.54, 1.807) is 12.1 Å². The van der Waals surface area contributed by atoms with Gasteiger partial charge in [-0.1, -0.05) is 12.1 Å². The molecule has 1 aliphatic rings. The van der Waals surface area contributed by atoms with E-state index in [0.29, 0.717) is 17.6 Å². The van der Waals surface area contributed by atoms with Crippen LogP contribution in [0.15, 0.2) is 41.6 Å². The van der Waals surface area contributed by atoms with E-state index in [1.165, 1.54) is 33.9 Å². The van der Waals surface area contributed by atoms with Crippen molar-refractivity contribution in [3.8, 4) is 0 Å². The van der Waals surface area contributed by atoms with Crippen molar-refractivity contribution in [1.82, 2.24) is 19.3 Å². The molecule has 1 saturated heterocycles. The number of fused-ring (bicyclic) bond motifs is 1. The zero-order valence-corrected chi connectivity index (χ0v) is 14.9. The van der Waals surface area contributed by atoms with E-state index in [9.17, 15) is 23.3 Å². The molecular weight excluding hydrogens is 374 g/mol. The second kappa shape index (κ2) is 6.27. The number of nitrogens with zero attached hydrogens (tertiary/aromatic N) is 5. The zero-order chi connectivity index (χ0) is 19.2. The van der Waals surface area contributed by atoms with Crippen LogP contribution in [0.1, 0.15) is 18.0 Å². The Morgan fingerprint density at radius 2 is 2.15 bits per heavy atom. The van der Waals surface area contributed by atoms with Gasteiger partial charge in [0.05, 0.1) is 35.2 Å². The lowest BCUT2D eigenvalue weighted by Crippen LogP contribution is -2.22. The number of sulfone groups is 1. The van der Waals surface area contributed by atoms with E-state index in [0.717, 1.165) is 0 Å². The van der Waals surface area contributed by atoms with E-state index in [4.69, 9.17) is 0 Å². The SMILES string of the molecule is O=c1c2cnn(C3CCS(=O)(=O)C3)c2ncn1Cc1cccc([N+](=O)[O-])c1. The molecule has 140 valence electrons. The Morgan fingerprint density at radius 1 is 1.33 bits per heavy atom. The smallest absolute Gasteiger partial charge is 0.269 e. The van der Waals surface area contributed by atoms with Crippen molar-refractivity contribution in [3.05, 3.63) is 62.8 Å². The number of rotatable bonds is 4. The van der Waals surface area contributed by atoms with Crippen LogP contribution in [0.25, 0.3) is 11.0 Å². The van der Waals surface area contributed by atoms with E-state index in [1.807, 2.05) is 0 Å². The zero-order valence-electron chi connectivity index (χ0n) is 14.1.